The molecule has 18 heavy (non-hydrogen) atoms. The molecule has 3 unspecified atom stereocenters. The highest BCUT2D eigenvalue weighted by Crippen LogP contribution is 2.31. The first-order valence-corrected chi connectivity index (χ1v) is 8.10. The molecule has 2 heterocycles. The van der Waals surface area contributed by atoms with E-state index in [4.69, 9.17) is 0 Å². The molecule has 2 rings (SSSR count). The summed E-state index contributed by atoms with van der Waals surface area (Å²) >= 11 is 4.57. The lowest BCUT2D eigenvalue weighted by Crippen LogP contribution is -2.41. The Hall–Kier alpha value is 0.270. The van der Waals surface area contributed by atoms with Gasteiger partial charge < -0.3 is 4.90 Å². The minimum absolute atomic E-state index is 0.374. The molecule has 3 atom stereocenters. The second kappa shape index (κ2) is 5.72. The normalized spacial score (nSPS) is 32.5. The van der Waals surface area contributed by atoms with E-state index in [9.17, 15) is 0 Å². The van der Waals surface area contributed by atoms with E-state index in [1.165, 1.54) is 38.9 Å². The van der Waals surface area contributed by atoms with Gasteiger partial charge in [0, 0.05) is 25.2 Å². The van der Waals surface area contributed by atoms with Crippen molar-refractivity contribution in [3.05, 3.63) is 0 Å². The Labute approximate surface area is 119 Å². The van der Waals surface area contributed by atoms with E-state index in [-0.39, 0.29) is 0 Å². The zero-order chi connectivity index (χ0) is 13.3. The highest BCUT2D eigenvalue weighted by Gasteiger charge is 2.35. The summed E-state index contributed by atoms with van der Waals surface area (Å²) in [6.45, 7) is 10.8. The quantitative estimate of drug-likeness (QED) is 0.788. The lowest BCUT2D eigenvalue weighted by molar-refractivity contribution is 0.152. The molecular weight excluding hydrogens is 240 g/mol. The number of likely N-dealkylation sites (tertiary alicyclic amines) is 1. The van der Waals surface area contributed by atoms with Crippen molar-refractivity contribution < 1.29 is 0 Å². The fourth-order valence-electron chi connectivity index (χ4n) is 3.46. The highest BCUT2D eigenvalue weighted by atomic mass is 32.1. The predicted molar refractivity (Wildman–Crippen MR) is 82.4 cm³/mol. The van der Waals surface area contributed by atoms with E-state index < -0.39 is 0 Å². The summed E-state index contributed by atoms with van der Waals surface area (Å²) in [5.41, 5.74) is 0.374. The average Bonchev–Trinajstić information content (AvgIpc) is 2.50. The molecule has 0 amide bonds. The van der Waals surface area contributed by atoms with Crippen molar-refractivity contribution in [2.45, 2.75) is 52.1 Å². The van der Waals surface area contributed by atoms with Crippen molar-refractivity contribution >= 4 is 12.6 Å². The van der Waals surface area contributed by atoms with Crippen LogP contribution in [0.4, 0.5) is 0 Å². The molecule has 2 aliphatic heterocycles. The molecule has 2 aliphatic rings. The molecule has 0 saturated carbocycles. The number of fused-ring (bicyclic) bond motifs is 2. The number of nitrogens with zero attached hydrogens (tertiary/aromatic N) is 2. The monoisotopic (exact) mass is 270 g/mol. The summed E-state index contributed by atoms with van der Waals surface area (Å²) < 4.78 is 0. The molecule has 0 radical (unpaired) electrons. The van der Waals surface area contributed by atoms with Crippen molar-refractivity contribution in [3.8, 4) is 0 Å². The maximum absolute atomic E-state index is 4.57. The molecule has 2 saturated heterocycles. The molecule has 0 aromatic carbocycles. The fraction of sp³-hybridized carbons (Fsp3) is 1.00. The summed E-state index contributed by atoms with van der Waals surface area (Å²) in [5.74, 6) is 1.70. The maximum Gasteiger partial charge on any atom is 0.0223 e. The molecule has 0 spiro atoms. The van der Waals surface area contributed by atoms with Crippen LogP contribution in [0.5, 0.6) is 0 Å². The highest BCUT2D eigenvalue weighted by molar-refractivity contribution is 7.80. The van der Waals surface area contributed by atoms with Gasteiger partial charge >= 0.3 is 0 Å². The van der Waals surface area contributed by atoms with E-state index in [2.05, 4.69) is 50.2 Å². The molecule has 3 heteroatoms. The van der Waals surface area contributed by atoms with Crippen molar-refractivity contribution in [1.29, 1.82) is 0 Å². The molecule has 0 N–H and O–H groups in total. The SMILES string of the molecule is CN1C2CCC1CN(CC(CS)C(C)(C)C)CC2. The largest absolute Gasteiger partial charge is 0.301 e. The lowest BCUT2D eigenvalue weighted by Gasteiger charge is -2.35. The van der Waals surface area contributed by atoms with Crippen LogP contribution in [0.15, 0.2) is 0 Å². The third-order valence-corrected chi connectivity index (χ3v) is 5.60. The van der Waals surface area contributed by atoms with Crippen LogP contribution in [0.3, 0.4) is 0 Å². The second-order valence-corrected chi connectivity index (χ2v) is 7.71. The van der Waals surface area contributed by atoms with Crippen LogP contribution in [0, 0.1) is 11.3 Å². The third kappa shape index (κ3) is 3.23. The lowest BCUT2D eigenvalue weighted by atomic mass is 9.81. The summed E-state index contributed by atoms with van der Waals surface area (Å²) in [7, 11) is 2.33. The third-order valence-electron chi connectivity index (χ3n) is 5.16. The first-order valence-electron chi connectivity index (χ1n) is 7.47. The van der Waals surface area contributed by atoms with E-state index in [1.807, 2.05) is 0 Å². The Morgan fingerprint density at radius 3 is 2.44 bits per heavy atom. The van der Waals surface area contributed by atoms with Gasteiger partial charge in [0.25, 0.3) is 0 Å². The zero-order valence-electron chi connectivity index (χ0n) is 12.5. The first-order chi connectivity index (χ1) is 8.41. The van der Waals surface area contributed by atoms with Gasteiger partial charge in [0.05, 0.1) is 0 Å². The summed E-state index contributed by atoms with van der Waals surface area (Å²) in [5, 5.41) is 0. The fourth-order valence-corrected chi connectivity index (χ4v) is 4.13. The van der Waals surface area contributed by atoms with Gasteiger partial charge in [-0.15, -0.1) is 0 Å². The molecule has 2 nitrogen and oxygen atoms in total. The summed E-state index contributed by atoms with van der Waals surface area (Å²) in [4.78, 5) is 5.33. The first kappa shape index (κ1) is 14.7. The van der Waals surface area contributed by atoms with E-state index >= 15 is 0 Å². The van der Waals surface area contributed by atoms with Crippen molar-refractivity contribution in [2.75, 3.05) is 32.4 Å². The van der Waals surface area contributed by atoms with Crippen LogP contribution < -0.4 is 0 Å². The van der Waals surface area contributed by atoms with Crippen LogP contribution in [-0.4, -0.2) is 54.3 Å². The Balaban J connectivity index is 1.94. The second-order valence-electron chi connectivity index (χ2n) is 7.34. The van der Waals surface area contributed by atoms with Crippen LogP contribution in [-0.2, 0) is 0 Å². The molecule has 0 aliphatic carbocycles. The van der Waals surface area contributed by atoms with Crippen molar-refractivity contribution in [2.24, 2.45) is 11.3 Å². The van der Waals surface area contributed by atoms with Gasteiger partial charge in [-0.2, -0.15) is 12.6 Å². The Bertz CT molecular complexity index is 274. The standard InChI is InChI=1S/C15H30N2S/c1-15(2,3)12(11-18)9-17-8-7-13-5-6-14(10-17)16(13)4/h12-14,18H,5-11H2,1-4H3. The number of hydrogen-bond acceptors (Lipinski definition) is 3. The Morgan fingerprint density at radius 1 is 1.17 bits per heavy atom. The maximum atomic E-state index is 4.57. The van der Waals surface area contributed by atoms with Gasteiger partial charge in [-0.3, -0.25) is 4.90 Å². The van der Waals surface area contributed by atoms with Crippen LogP contribution in [0.1, 0.15) is 40.0 Å². The average molecular weight is 270 g/mol. The van der Waals surface area contributed by atoms with Gasteiger partial charge in [0.15, 0.2) is 0 Å². The smallest absolute Gasteiger partial charge is 0.0223 e. The molecule has 106 valence electrons. The van der Waals surface area contributed by atoms with Gasteiger partial charge in [-0.25, -0.2) is 0 Å². The predicted octanol–water partition coefficient (Wildman–Crippen LogP) is 2.75. The van der Waals surface area contributed by atoms with Gasteiger partial charge in [0.2, 0.25) is 0 Å². The van der Waals surface area contributed by atoms with E-state index in [0.717, 1.165) is 17.8 Å². The molecular formula is C15H30N2S. The van der Waals surface area contributed by atoms with Crippen molar-refractivity contribution in [3.63, 3.8) is 0 Å². The molecule has 2 fully saturated rings. The number of rotatable bonds is 3. The Morgan fingerprint density at radius 2 is 1.83 bits per heavy atom. The Kier molecular flexibility index (Phi) is 4.66. The summed E-state index contributed by atoms with van der Waals surface area (Å²) in [6, 6.07) is 1.65. The molecule has 0 aromatic heterocycles. The van der Waals surface area contributed by atoms with E-state index in [1.54, 1.807) is 0 Å². The van der Waals surface area contributed by atoms with Crippen LogP contribution in [0.2, 0.25) is 0 Å². The number of thiol groups is 1. The topological polar surface area (TPSA) is 6.48 Å². The van der Waals surface area contributed by atoms with Gasteiger partial charge in [-0.1, -0.05) is 20.8 Å². The van der Waals surface area contributed by atoms with Gasteiger partial charge in [0.1, 0.15) is 0 Å². The minimum Gasteiger partial charge on any atom is -0.301 e. The molecule has 2 bridgehead atoms. The minimum atomic E-state index is 0.374. The van der Waals surface area contributed by atoms with Crippen LogP contribution >= 0.6 is 12.6 Å². The van der Waals surface area contributed by atoms with E-state index in [0.29, 0.717) is 11.3 Å². The zero-order valence-corrected chi connectivity index (χ0v) is 13.4. The van der Waals surface area contributed by atoms with Crippen LogP contribution in [0.25, 0.3) is 0 Å². The summed E-state index contributed by atoms with van der Waals surface area (Å²) in [6.07, 6.45) is 4.18. The molecule has 0 aromatic rings. The van der Waals surface area contributed by atoms with Crippen molar-refractivity contribution in [1.82, 2.24) is 9.80 Å². The van der Waals surface area contributed by atoms with Gasteiger partial charge in [-0.05, 0) is 49.9 Å². The number of likely N-dealkylation sites (N-methyl/N-ethyl adjacent to an activating group) is 1. The number of hydrogen-bond donors (Lipinski definition) is 1.